The summed E-state index contributed by atoms with van der Waals surface area (Å²) in [5.74, 6) is 0.929. The van der Waals surface area contributed by atoms with Gasteiger partial charge in [-0.25, -0.2) is 0 Å². The van der Waals surface area contributed by atoms with E-state index in [-0.39, 0.29) is 0 Å². The summed E-state index contributed by atoms with van der Waals surface area (Å²) in [6.07, 6.45) is 4.34. The molecule has 0 aromatic heterocycles. The molecule has 0 fully saturated rings. The Morgan fingerprint density at radius 3 is 2.74 bits per heavy atom. The first kappa shape index (κ1) is 12.3. The van der Waals surface area contributed by atoms with Crippen molar-refractivity contribution in [3.63, 3.8) is 0 Å². The monoisotopic (exact) mass is 270 g/mol. The fraction of sp³-hybridized carbons (Fsp3) is 0.176. The number of methoxy groups -OCH3 is 1. The van der Waals surface area contributed by atoms with Gasteiger partial charge in [-0.05, 0) is 59.4 Å². The molecule has 3 rings (SSSR count). The van der Waals surface area contributed by atoms with Crippen LogP contribution in [0.3, 0.4) is 0 Å². The van der Waals surface area contributed by atoms with E-state index >= 15 is 0 Å². The van der Waals surface area contributed by atoms with Gasteiger partial charge >= 0.3 is 0 Å². The minimum atomic E-state index is 0.791. The van der Waals surface area contributed by atoms with Crippen LogP contribution in [0.5, 0.6) is 5.75 Å². The summed E-state index contributed by atoms with van der Waals surface area (Å²) < 4.78 is 5.27. The van der Waals surface area contributed by atoms with E-state index in [1.54, 1.807) is 7.11 Å². The Balaban J connectivity index is 1.99. The molecule has 0 heterocycles. The zero-order chi connectivity index (χ0) is 13.2. The van der Waals surface area contributed by atoms with Crippen molar-refractivity contribution in [2.45, 2.75) is 12.8 Å². The van der Waals surface area contributed by atoms with Crippen LogP contribution in [-0.2, 0) is 6.42 Å². The first-order valence-corrected chi connectivity index (χ1v) is 6.77. The normalized spacial score (nSPS) is 13.7. The lowest BCUT2D eigenvalue weighted by Gasteiger charge is -2.17. The lowest BCUT2D eigenvalue weighted by Crippen LogP contribution is -1.99. The molecular weight excluding hydrogens is 256 g/mol. The second-order valence-corrected chi connectivity index (χ2v) is 5.18. The quantitative estimate of drug-likeness (QED) is 0.759. The largest absolute Gasteiger partial charge is 0.497 e. The minimum Gasteiger partial charge on any atom is -0.497 e. The zero-order valence-electron chi connectivity index (χ0n) is 10.8. The lowest BCUT2D eigenvalue weighted by atomic mass is 9.88. The van der Waals surface area contributed by atoms with Gasteiger partial charge in [0.15, 0.2) is 0 Å². The van der Waals surface area contributed by atoms with Gasteiger partial charge in [-0.2, -0.15) is 0 Å². The van der Waals surface area contributed by atoms with Crippen molar-refractivity contribution >= 4 is 23.3 Å². The smallest absolute Gasteiger partial charge is 0.119 e. The standard InChI is InChI=1S/C17H15ClO/c1-19-17-8-7-14-9-13(5-6-15(14)11-17)12-3-2-4-16(18)10-12/h2-4,7-11H,5-6H2,1H3. The van der Waals surface area contributed by atoms with Crippen molar-refractivity contribution in [1.29, 1.82) is 0 Å². The van der Waals surface area contributed by atoms with Gasteiger partial charge < -0.3 is 4.74 Å². The van der Waals surface area contributed by atoms with Gasteiger partial charge in [0.05, 0.1) is 7.11 Å². The molecule has 96 valence electrons. The van der Waals surface area contributed by atoms with Gasteiger partial charge in [0.25, 0.3) is 0 Å². The Bertz CT molecular complexity index is 643. The van der Waals surface area contributed by atoms with Crippen LogP contribution in [0, 0.1) is 0 Å². The molecule has 2 aromatic carbocycles. The molecule has 0 N–H and O–H groups in total. The highest BCUT2D eigenvalue weighted by Gasteiger charge is 2.12. The van der Waals surface area contributed by atoms with Gasteiger partial charge in [-0.3, -0.25) is 0 Å². The molecule has 1 aliphatic rings. The number of allylic oxidation sites excluding steroid dienone is 1. The summed E-state index contributed by atoms with van der Waals surface area (Å²) in [6.45, 7) is 0. The summed E-state index contributed by atoms with van der Waals surface area (Å²) in [5, 5.41) is 0.791. The van der Waals surface area contributed by atoms with Crippen LogP contribution in [0.1, 0.15) is 23.1 Å². The molecule has 0 aliphatic heterocycles. The summed E-state index contributed by atoms with van der Waals surface area (Å²) in [7, 11) is 1.71. The van der Waals surface area contributed by atoms with Crippen molar-refractivity contribution in [2.75, 3.05) is 7.11 Å². The molecule has 0 atom stereocenters. The second-order valence-electron chi connectivity index (χ2n) is 4.74. The Labute approximate surface area is 118 Å². The van der Waals surface area contributed by atoms with Crippen LogP contribution < -0.4 is 4.74 Å². The third kappa shape index (κ3) is 2.52. The SMILES string of the molecule is COc1ccc2c(c1)CCC(c1cccc(Cl)c1)=C2. The predicted molar refractivity (Wildman–Crippen MR) is 80.6 cm³/mol. The van der Waals surface area contributed by atoms with E-state index < -0.39 is 0 Å². The maximum Gasteiger partial charge on any atom is 0.119 e. The van der Waals surface area contributed by atoms with Gasteiger partial charge in [0.2, 0.25) is 0 Å². The van der Waals surface area contributed by atoms with E-state index in [0.717, 1.165) is 23.6 Å². The number of ether oxygens (including phenoxy) is 1. The lowest BCUT2D eigenvalue weighted by molar-refractivity contribution is 0.414. The van der Waals surface area contributed by atoms with Crippen LogP contribution in [0.4, 0.5) is 0 Å². The molecule has 0 spiro atoms. The number of benzene rings is 2. The van der Waals surface area contributed by atoms with E-state index in [1.807, 2.05) is 24.3 Å². The average Bonchev–Trinajstić information content (AvgIpc) is 2.46. The van der Waals surface area contributed by atoms with E-state index in [9.17, 15) is 0 Å². The van der Waals surface area contributed by atoms with Crippen molar-refractivity contribution in [1.82, 2.24) is 0 Å². The van der Waals surface area contributed by atoms with Crippen LogP contribution in [0.15, 0.2) is 42.5 Å². The summed E-state index contributed by atoms with van der Waals surface area (Å²) in [5.41, 5.74) is 5.20. The Kier molecular flexibility index (Phi) is 3.31. The van der Waals surface area contributed by atoms with Crippen LogP contribution in [0.2, 0.25) is 5.02 Å². The average molecular weight is 271 g/mol. The Morgan fingerprint density at radius 2 is 1.95 bits per heavy atom. The molecular formula is C17H15ClO. The number of hydrogen-bond donors (Lipinski definition) is 0. The molecule has 2 aromatic rings. The van der Waals surface area contributed by atoms with E-state index in [2.05, 4.69) is 24.3 Å². The molecule has 0 unspecified atom stereocenters. The maximum atomic E-state index is 6.06. The summed E-state index contributed by atoms with van der Waals surface area (Å²) in [4.78, 5) is 0. The predicted octanol–water partition coefficient (Wildman–Crippen LogP) is 4.84. The van der Waals surface area contributed by atoms with Crippen molar-refractivity contribution in [3.8, 4) is 5.75 Å². The molecule has 0 saturated carbocycles. The molecule has 0 radical (unpaired) electrons. The third-order valence-corrected chi connectivity index (χ3v) is 3.77. The Hall–Kier alpha value is -1.73. The van der Waals surface area contributed by atoms with E-state index in [1.165, 1.54) is 22.3 Å². The van der Waals surface area contributed by atoms with E-state index in [4.69, 9.17) is 16.3 Å². The van der Waals surface area contributed by atoms with Gasteiger partial charge in [-0.15, -0.1) is 0 Å². The third-order valence-electron chi connectivity index (χ3n) is 3.54. The van der Waals surface area contributed by atoms with Gasteiger partial charge in [-0.1, -0.05) is 35.9 Å². The highest BCUT2D eigenvalue weighted by molar-refractivity contribution is 6.30. The molecule has 1 nitrogen and oxygen atoms in total. The minimum absolute atomic E-state index is 0.791. The number of hydrogen-bond acceptors (Lipinski definition) is 1. The zero-order valence-corrected chi connectivity index (χ0v) is 11.6. The maximum absolute atomic E-state index is 6.06. The van der Waals surface area contributed by atoms with Gasteiger partial charge in [0, 0.05) is 5.02 Å². The van der Waals surface area contributed by atoms with Crippen molar-refractivity contribution in [3.05, 3.63) is 64.2 Å². The number of rotatable bonds is 2. The number of aryl methyl sites for hydroxylation is 1. The molecule has 0 amide bonds. The molecule has 0 bridgehead atoms. The fourth-order valence-electron chi connectivity index (χ4n) is 2.51. The highest BCUT2D eigenvalue weighted by atomic mass is 35.5. The van der Waals surface area contributed by atoms with Crippen molar-refractivity contribution < 1.29 is 4.74 Å². The first-order valence-electron chi connectivity index (χ1n) is 6.40. The van der Waals surface area contributed by atoms with Gasteiger partial charge in [0.1, 0.15) is 5.75 Å². The van der Waals surface area contributed by atoms with Crippen LogP contribution in [0.25, 0.3) is 11.6 Å². The molecule has 1 aliphatic carbocycles. The van der Waals surface area contributed by atoms with Crippen molar-refractivity contribution in [2.24, 2.45) is 0 Å². The summed E-state index contributed by atoms with van der Waals surface area (Å²) >= 11 is 6.06. The second kappa shape index (κ2) is 5.10. The topological polar surface area (TPSA) is 9.23 Å². The first-order chi connectivity index (χ1) is 9.26. The molecule has 0 saturated heterocycles. The number of fused-ring (bicyclic) bond motifs is 1. The molecule has 2 heteroatoms. The van der Waals surface area contributed by atoms with E-state index in [0.29, 0.717) is 0 Å². The highest BCUT2D eigenvalue weighted by Crippen LogP contribution is 2.32. The summed E-state index contributed by atoms with van der Waals surface area (Å²) in [6, 6.07) is 14.3. The molecule has 19 heavy (non-hydrogen) atoms. The number of halogens is 1. The Morgan fingerprint density at radius 1 is 1.05 bits per heavy atom. The fourth-order valence-corrected chi connectivity index (χ4v) is 2.70. The van der Waals surface area contributed by atoms with Crippen LogP contribution >= 0.6 is 11.6 Å². The van der Waals surface area contributed by atoms with Crippen LogP contribution in [-0.4, -0.2) is 7.11 Å².